The summed E-state index contributed by atoms with van der Waals surface area (Å²) >= 11 is 0. The lowest BCUT2D eigenvalue weighted by Gasteiger charge is -2.33. The van der Waals surface area contributed by atoms with Gasteiger partial charge in [-0.2, -0.15) is 0 Å². The van der Waals surface area contributed by atoms with Gasteiger partial charge in [0.1, 0.15) is 0 Å². The van der Waals surface area contributed by atoms with Gasteiger partial charge in [-0.1, -0.05) is 206 Å². The number of rotatable bonds is 36. The van der Waals surface area contributed by atoms with Gasteiger partial charge in [0, 0.05) is 13.2 Å². The molecule has 0 saturated carbocycles. The van der Waals surface area contributed by atoms with Gasteiger partial charge in [0.2, 0.25) is 0 Å². The quantitative estimate of drug-likeness (QED) is 0.0442. The van der Waals surface area contributed by atoms with Gasteiger partial charge in [-0.05, 0) is 26.7 Å². The first-order chi connectivity index (χ1) is 29.6. The van der Waals surface area contributed by atoms with Gasteiger partial charge in [0.25, 0.3) is 0 Å². The molecule has 3 heterocycles. The van der Waals surface area contributed by atoms with Crippen molar-refractivity contribution in [1.29, 1.82) is 0 Å². The number of hydrogen-bond donors (Lipinski definition) is 0. The molecule has 3 rings (SSSR count). The second kappa shape index (κ2) is 38.2. The molecule has 0 radical (unpaired) electrons. The third-order valence-electron chi connectivity index (χ3n) is 11.5. The Morgan fingerprint density at radius 1 is 0.333 bits per heavy atom. The summed E-state index contributed by atoms with van der Waals surface area (Å²) in [6.07, 6.45) is 41.3. The lowest BCUT2D eigenvalue weighted by Crippen LogP contribution is -2.56. The van der Waals surface area contributed by atoms with Gasteiger partial charge in [-0.15, -0.1) is 0 Å². The average molecular weight is 848 g/mol. The standard InChI is InChI=1S/C42H86B6O12/c1-5-7-9-11-13-15-17-19-21-23-25-27-29-31-33-35-37-49-43-55-45-51-39-42(4)54-48-58-44(56-46(60-48)52-40-41(3)53-47(57-43)59-45)50-38-36-34-32-30-28-26-24-22-20-18-16-14-12-10-8-6-2/h41-42H,5-40H2,1-4H3. The first-order valence-corrected chi connectivity index (χ1v) is 25.3. The molecule has 3 aliphatic rings. The summed E-state index contributed by atoms with van der Waals surface area (Å²) in [4.78, 5) is 0. The Balaban J connectivity index is 1.21. The third kappa shape index (κ3) is 29.4. The van der Waals surface area contributed by atoms with Crippen molar-refractivity contribution in [1.82, 2.24) is 0 Å². The van der Waals surface area contributed by atoms with Crippen LogP contribution >= 0.6 is 0 Å². The van der Waals surface area contributed by atoms with Crippen molar-refractivity contribution in [2.45, 2.75) is 245 Å². The largest absolute Gasteiger partial charge is 0.615 e. The molecule has 0 aliphatic carbocycles. The molecule has 4 bridgehead atoms. The van der Waals surface area contributed by atoms with Crippen LogP contribution in [0.1, 0.15) is 233 Å². The van der Waals surface area contributed by atoms with Crippen LogP contribution in [0.3, 0.4) is 0 Å². The van der Waals surface area contributed by atoms with Crippen molar-refractivity contribution < 1.29 is 55.4 Å². The van der Waals surface area contributed by atoms with E-state index in [0.717, 1.165) is 25.7 Å². The summed E-state index contributed by atoms with van der Waals surface area (Å²) in [6.45, 7) is 9.44. The maximum Gasteiger partial charge on any atom is 0.615 e. The van der Waals surface area contributed by atoms with E-state index in [4.69, 9.17) is 55.4 Å². The first-order valence-electron chi connectivity index (χ1n) is 25.3. The van der Waals surface area contributed by atoms with E-state index in [-0.39, 0.29) is 13.2 Å². The van der Waals surface area contributed by atoms with Gasteiger partial charge in [0.15, 0.2) is 0 Å². The Kier molecular flexibility index (Phi) is 34.5. The molecule has 0 aromatic rings. The Hall–Kier alpha value is -0.0904. The first kappa shape index (κ1) is 54.2. The van der Waals surface area contributed by atoms with Crippen molar-refractivity contribution in [3.8, 4) is 0 Å². The van der Waals surface area contributed by atoms with E-state index in [1.54, 1.807) is 0 Å². The topological polar surface area (TPSA) is 111 Å². The summed E-state index contributed by atoms with van der Waals surface area (Å²) in [5.74, 6) is 0. The highest BCUT2D eigenvalue weighted by molar-refractivity contribution is 6.67. The minimum Gasteiger partial charge on any atom is -0.400 e. The smallest absolute Gasteiger partial charge is 0.400 e. The lowest BCUT2D eigenvalue weighted by molar-refractivity contribution is -0.00373. The van der Waals surface area contributed by atoms with E-state index in [0.29, 0.717) is 13.2 Å². The van der Waals surface area contributed by atoms with E-state index in [1.165, 1.54) is 180 Å². The average Bonchev–Trinajstić information content (AvgIpc) is 3.24. The monoisotopic (exact) mass is 849 g/mol. The molecule has 0 aromatic carbocycles. The van der Waals surface area contributed by atoms with Crippen LogP contribution in [0.5, 0.6) is 0 Å². The highest BCUT2D eigenvalue weighted by Gasteiger charge is 2.50. The molecule has 18 heteroatoms. The minimum atomic E-state index is -1.09. The minimum absolute atomic E-state index is 0.110. The SMILES string of the molecule is CCCCCCCCCCCCCCCCCCOB1OB2OCC(C)OB3OB(OCCCCCCCCCCCCCCCCCC)OB(OCC(C)OB(O1)O2)O3. The summed E-state index contributed by atoms with van der Waals surface area (Å²) in [7, 11) is -6.33. The van der Waals surface area contributed by atoms with Crippen molar-refractivity contribution >= 4 is 43.9 Å². The van der Waals surface area contributed by atoms with Gasteiger partial charge in [-0.3, -0.25) is 0 Å². The molecule has 0 spiro atoms. The summed E-state index contributed by atoms with van der Waals surface area (Å²) in [6, 6.07) is 0. The van der Waals surface area contributed by atoms with Crippen LogP contribution in [0.2, 0.25) is 0 Å². The van der Waals surface area contributed by atoms with Crippen LogP contribution in [-0.2, 0) is 55.4 Å². The number of hydrogen-bond acceptors (Lipinski definition) is 12. The molecule has 0 N–H and O–H groups in total. The third-order valence-corrected chi connectivity index (χ3v) is 11.5. The second-order valence-electron chi connectivity index (χ2n) is 17.5. The fraction of sp³-hybridized carbons (Fsp3) is 1.00. The van der Waals surface area contributed by atoms with Gasteiger partial charge in [0.05, 0.1) is 25.4 Å². The van der Waals surface area contributed by atoms with E-state index in [1.807, 2.05) is 13.8 Å². The lowest BCUT2D eigenvalue weighted by atomic mass is 9.95. The van der Waals surface area contributed by atoms with Crippen LogP contribution in [0.15, 0.2) is 0 Å². The predicted molar refractivity (Wildman–Crippen MR) is 245 cm³/mol. The van der Waals surface area contributed by atoms with E-state index in [9.17, 15) is 0 Å². The van der Waals surface area contributed by atoms with Crippen LogP contribution in [-0.4, -0.2) is 82.6 Å². The van der Waals surface area contributed by atoms with E-state index < -0.39 is 56.1 Å². The van der Waals surface area contributed by atoms with Gasteiger partial charge >= 0.3 is 43.9 Å². The normalized spacial score (nSPS) is 19.4. The Labute approximate surface area is 370 Å². The van der Waals surface area contributed by atoms with E-state index >= 15 is 0 Å². The van der Waals surface area contributed by atoms with Crippen molar-refractivity contribution in [2.24, 2.45) is 0 Å². The summed E-state index contributed by atoms with van der Waals surface area (Å²) in [5, 5.41) is 0. The summed E-state index contributed by atoms with van der Waals surface area (Å²) in [5.41, 5.74) is 0. The highest BCUT2D eigenvalue weighted by atomic mass is 16.9. The van der Waals surface area contributed by atoms with Crippen LogP contribution in [0, 0.1) is 0 Å². The Morgan fingerprint density at radius 2 is 0.583 bits per heavy atom. The zero-order valence-electron chi connectivity index (χ0n) is 39.0. The molecule has 0 amide bonds. The van der Waals surface area contributed by atoms with Crippen LogP contribution in [0.4, 0.5) is 0 Å². The molecule has 3 aliphatic heterocycles. The number of fused-ring (bicyclic) bond motifs is 4. The zero-order chi connectivity index (χ0) is 42.6. The van der Waals surface area contributed by atoms with Crippen LogP contribution in [0.25, 0.3) is 0 Å². The van der Waals surface area contributed by atoms with Crippen molar-refractivity contribution in [3.05, 3.63) is 0 Å². The maximum absolute atomic E-state index is 5.98. The molecule has 3 saturated heterocycles. The maximum atomic E-state index is 5.98. The highest BCUT2D eigenvalue weighted by Crippen LogP contribution is 2.20. The number of unbranched alkanes of at least 4 members (excludes halogenated alkanes) is 30. The Bertz CT molecular complexity index is 886. The second-order valence-corrected chi connectivity index (χ2v) is 17.5. The zero-order valence-corrected chi connectivity index (χ0v) is 39.0. The molecule has 3 fully saturated rings. The molecule has 344 valence electrons. The van der Waals surface area contributed by atoms with Gasteiger partial charge in [-0.25, -0.2) is 0 Å². The summed E-state index contributed by atoms with van der Waals surface area (Å²) < 4.78 is 70.3. The molecule has 0 aromatic heterocycles. The fourth-order valence-corrected chi connectivity index (χ4v) is 7.72. The van der Waals surface area contributed by atoms with Crippen molar-refractivity contribution in [2.75, 3.05) is 26.4 Å². The van der Waals surface area contributed by atoms with E-state index in [2.05, 4.69) is 13.8 Å². The fourth-order valence-electron chi connectivity index (χ4n) is 7.72. The molecule has 12 nitrogen and oxygen atoms in total. The van der Waals surface area contributed by atoms with Crippen LogP contribution < -0.4 is 0 Å². The Morgan fingerprint density at radius 3 is 0.867 bits per heavy atom. The molecular formula is C42H86B6O12. The molecule has 60 heavy (non-hydrogen) atoms. The van der Waals surface area contributed by atoms with Crippen molar-refractivity contribution in [3.63, 3.8) is 0 Å². The molecule has 2 atom stereocenters. The van der Waals surface area contributed by atoms with Gasteiger partial charge < -0.3 is 55.4 Å². The molecular weight excluding hydrogens is 761 g/mol. The predicted octanol–water partition coefficient (Wildman–Crippen LogP) is 11.4. The molecule has 2 unspecified atom stereocenters.